The highest BCUT2D eigenvalue weighted by atomic mass is 16.5. The molecular formula is C12H23NO2. The smallest absolute Gasteiger partial charge is 0.306 e. The van der Waals surface area contributed by atoms with Crippen LogP contribution in [0.5, 0.6) is 0 Å². The first-order valence-corrected chi connectivity index (χ1v) is 6.12. The Morgan fingerprint density at radius 2 is 2.13 bits per heavy atom. The molecular weight excluding hydrogens is 190 g/mol. The van der Waals surface area contributed by atoms with E-state index in [-0.39, 0.29) is 12.1 Å². The summed E-state index contributed by atoms with van der Waals surface area (Å²) >= 11 is 0. The van der Waals surface area contributed by atoms with E-state index in [1.54, 1.807) is 0 Å². The highest BCUT2D eigenvalue weighted by molar-refractivity contribution is 5.69. The number of carbonyl (C=O) groups excluding carboxylic acids is 1. The van der Waals surface area contributed by atoms with Crippen molar-refractivity contribution in [3.8, 4) is 0 Å². The summed E-state index contributed by atoms with van der Waals surface area (Å²) in [6, 6.07) is 0. The number of piperidine rings is 1. The molecule has 0 aliphatic carbocycles. The number of ether oxygens (including phenoxy) is 1. The van der Waals surface area contributed by atoms with Gasteiger partial charge in [0.2, 0.25) is 0 Å². The lowest BCUT2D eigenvalue weighted by atomic mass is 9.93. The molecule has 3 nitrogen and oxygen atoms in total. The van der Waals surface area contributed by atoms with Crippen LogP contribution in [0.3, 0.4) is 0 Å². The van der Waals surface area contributed by atoms with E-state index in [4.69, 9.17) is 4.74 Å². The highest BCUT2D eigenvalue weighted by Gasteiger charge is 2.15. The normalized spacial score (nSPS) is 19.9. The average molecular weight is 213 g/mol. The van der Waals surface area contributed by atoms with E-state index in [1.807, 2.05) is 13.8 Å². The lowest BCUT2D eigenvalue weighted by Crippen LogP contribution is -2.28. The second-order valence-electron chi connectivity index (χ2n) is 4.44. The van der Waals surface area contributed by atoms with E-state index in [2.05, 4.69) is 5.32 Å². The third kappa shape index (κ3) is 5.17. The van der Waals surface area contributed by atoms with Crippen molar-refractivity contribution < 1.29 is 9.53 Å². The van der Waals surface area contributed by atoms with Crippen LogP contribution in [-0.4, -0.2) is 25.2 Å². The van der Waals surface area contributed by atoms with Gasteiger partial charge in [-0.1, -0.05) is 6.92 Å². The van der Waals surface area contributed by atoms with Gasteiger partial charge >= 0.3 is 5.97 Å². The van der Waals surface area contributed by atoms with Crippen LogP contribution in [0.15, 0.2) is 0 Å². The quantitative estimate of drug-likeness (QED) is 0.711. The number of hydrogen-bond acceptors (Lipinski definition) is 3. The maximum atomic E-state index is 11.4. The maximum absolute atomic E-state index is 11.4. The molecule has 0 radical (unpaired) electrons. The number of carbonyl (C=O) groups is 1. The third-order valence-electron chi connectivity index (χ3n) is 3.12. The van der Waals surface area contributed by atoms with E-state index >= 15 is 0 Å². The van der Waals surface area contributed by atoms with Gasteiger partial charge in [-0.3, -0.25) is 4.79 Å². The van der Waals surface area contributed by atoms with Gasteiger partial charge in [-0.15, -0.1) is 0 Å². The molecule has 1 aliphatic rings. The first-order chi connectivity index (χ1) is 7.22. The molecule has 1 fully saturated rings. The Bertz CT molecular complexity index is 188. The molecule has 3 heteroatoms. The molecule has 0 aromatic rings. The fourth-order valence-electron chi connectivity index (χ4n) is 1.86. The second-order valence-corrected chi connectivity index (χ2v) is 4.44. The topological polar surface area (TPSA) is 38.3 Å². The van der Waals surface area contributed by atoms with Crippen LogP contribution in [0.1, 0.15) is 46.0 Å². The summed E-state index contributed by atoms with van der Waals surface area (Å²) in [5.74, 6) is 0.693. The first-order valence-electron chi connectivity index (χ1n) is 6.12. The average Bonchev–Trinajstić information content (AvgIpc) is 2.27. The van der Waals surface area contributed by atoms with Crippen molar-refractivity contribution in [1.29, 1.82) is 0 Å². The Balaban J connectivity index is 2.10. The Kier molecular flexibility index (Phi) is 5.69. The molecule has 0 saturated carbocycles. The van der Waals surface area contributed by atoms with E-state index in [0.717, 1.165) is 31.8 Å². The Hall–Kier alpha value is -0.570. The zero-order valence-corrected chi connectivity index (χ0v) is 9.92. The number of hydrogen-bond donors (Lipinski definition) is 1. The molecule has 1 unspecified atom stereocenters. The van der Waals surface area contributed by atoms with Crippen molar-refractivity contribution in [2.45, 2.75) is 52.1 Å². The molecule has 0 aromatic heterocycles. The summed E-state index contributed by atoms with van der Waals surface area (Å²) in [5.41, 5.74) is 0. The Labute approximate surface area is 92.6 Å². The van der Waals surface area contributed by atoms with Gasteiger partial charge in [-0.05, 0) is 51.6 Å². The van der Waals surface area contributed by atoms with Gasteiger partial charge < -0.3 is 10.1 Å². The van der Waals surface area contributed by atoms with Crippen LogP contribution >= 0.6 is 0 Å². The van der Waals surface area contributed by atoms with Crippen molar-refractivity contribution >= 4 is 5.97 Å². The van der Waals surface area contributed by atoms with Crippen LogP contribution in [0.2, 0.25) is 0 Å². The Morgan fingerprint density at radius 1 is 1.47 bits per heavy atom. The summed E-state index contributed by atoms with van der Waals surface area (Å²) in [7, 11) is 0. The SMILES string of the molecule is CCC(C)OC(=O)CCC1CCNCC1. The standard InChI is InChI=1S/C12H23NO2/c1-3-10(2)15-12(14)5-4-11-6-8-13-9-7-11/h10-11,13H,3-9H2,1-2H3. The largest absolute Gasteiger partial charge is 0.463 e. The summed E-state index contributed by atoms with van der Waals surface area (Å²) in [6.07, 6.45) is 4.98. The monoisotopic (exact) mass is 213 g/mol. The van der Waals surface area contributed by atoms with Gasteiger partial charge in [0, 0.05) is 6.42 Å². The molecule has 1 saturated heterocycles. The fourth-order valence-corrected chi connectivity index (χ4v) is 1.86. The van der Waals surface area contributed by atoms with Crippen LogP contribution in [0, 0.1) is 5.92 Å². The predicted molar refractivity (Wildman–Crippen MR) is 60.7 cm³/mol. The molecule has 1 rings (SSSR count). The van der Waals surface area contributed by atoms with Crippen molar-refractivity contribution in [3.63, 3.8) is 0 Å². The lowest BCUT2D eigenvalue weighted by molar-refractivity contribution is -0.148. The summed E-state index contributed by atoms with van der Waals surface area (Å²) in [4.78, 5) is 11.4. The summed E-state index contributed by atoms with van der Waals surface area (Å²) < 4.78 is 5.24. The molecule has 0 spiro atoms. The maximum Gasteiger partial charge on any atom is 0.306 e. The zero-order valence-electron chi connectivity index (χ0n) is 9.92. The second kappa shape index (κ2) is 6.83. The first kappa shape index (κ1) is 12.5. The molecule has 1 aliphatic heterocycles. The van der Waals surface area contributed by atoms with Gasteiger partial charge in [-0.2, -0.15) is 0 Å². The van der Waals surface area contributed by atoms with Crippen molar-refractivity contribution in [3.05, 3.63) is 0 Å². The molecule has 88 valence electrons. The molecule has 15 heavy (non-hydrogen) atoms. The number of rotatable bonds is 5. The van der Waals surface area contributed by atoms with Gasteiger partial charge in [0.05, 0.1) is 6.10 Å². The Morgan fingerprint density at radius 3 is 2.73 bits per heavy atom. The van der Waals surface area contributed by atoms with Crippen LogP contribution in [-0.2, 0) is 9.53 Å². The van der Waals surface area contributed by atoms with E-state index < -0.39 is 0 Å². The van der Waals surface area contributed by atoms with E-state index in [9.17, 15) is 4.79 Å². The minimum atomic E-state index is -0.0251. The molecule has 0 amide bonds. The van der Waals surface area contributed by atoms with Gasteiger partial charge in [-0.25, -0.2) is 0 Å². The van der Waals surface area contributed by atoms with Crippen LogP contribution < -0.4 is 5.32 Å². The van der Waals surface area contributed by atoms with Crippen molar-refractivity contribution in [2.24, 2.45) is 5.92 Å². The lowest BCUT2D eigenvalue weighted by Gasteiger charge is -2.22. The van der Waals surface area contributed by atoms with Crippen molar-refractivity contribution in [1.82, 2.24) is 5.32 Å². The van der Waals surface area contributed by atoms with Gasteiger partial charge in [0.15, 0.2) is 0 Å². The number of esters is 1. The minimum Gasteiger partial charge on any atom is -0.463 e. The van der Waals surface area contributed by atoms with Crippen LogP contribution in [0.25, 0.3) is 0 Å². The fraction of sp³-hybridized carbons (Fsp3) is 0.917. The highest BCUT2D eigenvalue weighted by Crippen LogP contribution is 2.18. The molecule has 1 N–H and O–H groups in total. The van der Waals surface area contributed by atoms with Gasteiger partial charge in [0.1, 0.15) is 0 Å². The molecule has 1 heterocycles. The molecule has 0 bridgehead atoms. The number of nitrogens with one attached hydrogen (secondary N) is 1. The van der Waals surface area contributed by atoms with Crippen molar-refractivity contribution in [2.75, 3.05) is 13.1 Å². The molecule has 0 aromatic carbocycles. The summed E-state index contributed by atoms with van der Waals surface area (Å²) in [5, 5.41) is 3.33. The summed E-state index contributed by atoms with van der Waals surface area (Å²) in [6.45, 7) is 6.18. The third-order valence-corrected chi connectivity index (χ3v) is 3.12. The van der Waals surface area contributed by atoms with E-state index in [0.29, 0.717) is 6.42 Å². The van der Waals surface area contributed by atoms with Gasteiger partial charge in [0.25, 0.3) is 0 Å². The predicted octanol–water partition coefficient (Wildman–Crippen LogP) is 2.11. The molecule has 1 atom stereocenters. The minimum absolute atomic E-state index is 0.0251. The van der Waals surface area contributed by atoms with Crippen LogP contribution in [0.4, 0.5) is 0 Å². The zero-order chi connectivity index (χ0) is 11.1. The van der Waals surface area contributed by atoms with E-state index in [1.165, 1.54) is 12.8 Å².